The van der Waals surface area contributed by atoms with Crippen molar-refractivity contribution in [3.8, 4) is 0 Å². The summed E-state index contributed by atoms with van der Waals surface area (Å²) in [5.41, 5.74) is -0.401. The molecule has 15 heavy (non-hydrogen) atoms. The van der Waals surface area contributed by atoms with Crippen LogP contribution in [0.2, 0.25) is 0 Å². The summed E-state index contributed by atoms with van der Waals surface area (Å²) < 4.78 is 0. The molecule has 1 aliphatic heterocycles. The second-order valence-corrected chi connectivity index (χ2v) is 5.36. The van der Waals surface area contributed by atoms with E-state index in [-0.39, 0.29) is 11.9 Å². The van der Waals surface area contributed by atoms with Crippen LogP contribution in [0.25, 0.3) is 0 Å². The monoisotopic (exact) mass is 210 g/mol. The molecule has 0 aromatic rings. The minimum absolute atomic E-state index is 0.0376. The first-order valence-corrected chi connectivity index (χ1v) is 5.55. The highest BCUT2D eigenvalue weighted by molar-refractivity contribution is 5.97. The van der Waals surface area contributed by atoms with E-state index in [0.717, 1.165) is 12.8 Å². The maximum absolute atomic E-state index is 12.1. The van der Waals surface area contributed by atoms with Crippen LogP contribution >= 0.6 is 0 Å². The van der Waals surface area contributed by atoms with Gasteiger partial charge in [0.25, 0.3) is 0 Å². The molecule has 0 unspecified atom stereocenters. The Hall–Kier alpha value is -1.06. The number of hydrogen-bond donors (Lipinski definition) is 0. The zero-order chi connectivity index (χ0) is 11.2. The van der Waals surface area contributed by atoms with Crippen LogP contribution in [0.3, 0.4) is 0 Å². The predicted octanol–water partition coefficient (Wildman–Crippen LogP) is 1.60. The third-order valence-electron chi connectivity index (χ3n) is 2.91. The fourth-order valence-corrected chi connectivity index (χ4v) is 2.04. The van der Waals surface area contributed by atoms with Crippen molar-refractivity contribution in [2.75, 3.05) is 6.54 Å². The number of amides is 3. The van der Waals surface area contributed by atoms with Gasteiger partial charge < -0.3 is 4.90 Å². The molecule has 1 saturated heterocycles. The summed E-state index contributed by atoms with van der Waals surface area (Å²) in [4.78, 5) is 27.1. The van der Waals surface area contributed by atoms with Gasteiger partial charge in [-0.3, -0.25) is 9.69 Å². The van der Waals surface area contributed by atoms with E-state index < -0.39 is 5.54 Å². The molecule has 0 radical (unpaired) electrons. The van der Waals surface area contributed by atoms with Crippen LogP contribution < -0.4 is 0 Å². The van der Waals surface area contributed by atoms with Crippen molar-refractivity contribution >= 4 is 11.9 Å². The third-order valence-corrected chi connectivity index (χ3v) is 2.91. The molecule has 2 fully saturated rings. The second-order valence-electron chi connectivity index (χ2n) is 5.36. The summed E-state index contributed by atoms with van der Waals surface area (Å²) in [7, 11) is 0. The summed E-state index contributed by atoms with van der Waals surface area (Å²) in [6.45, 7) is 6.31. The first-order chi connectivity index (χ1) is 6.91. The molecule has 1 aliphatic carbocycles. The fraction of sp³-hybridized carbons (Fsp3) is 0.818. The Bertz CT molecular complexity index is 302. The van der Waals surface area contributed by atoms with Crippen molar-refractivity contribution in [1.29, 1.82) is 0 Å². The van der Waals surface area contributed by atoms with Gasteiger partial charge in [0, 0.05) is 24.5 Å². The van der Waals surface area contributed by atoms with Crippen LogP contribution in [0, 0.1) is 0 Å². The number of rotatable bonds is 1. The Morgan fingerprint density at radius 2 is 1.80 bits per heavy atom. The minimum atomic E-state index is -0.401. The molecule has 0 atom stereocenters. The van der Waals surface area contributed by atoms with Gasteiger partial charge in [0.15, 0.2) is 0 Å². The van der Waals surface area contributed by atoms with Crippen molar-refractivity contribution < 1.29 is 9.59 Å². The molecule has 0 spiro atoms. The average molecular weight is 210 g/mol. The van der Waals surface area contributed by atoms with E-state index in [1.54, 1.807) is 0 Å². The van der Waals surface area contributed by atoms with Crippen molar-refractivity contribution in [3.05, 3.63) is 0 Å². The van der Waals surface area contributed by atoms with E-state index in [2.05, 4.69) is 0 Å². The van der Waals surface area contributed by atoms with Crippen LogP contribution in [-0.4, -0.2) is 39.9 Å². The minimum Gasteiger partial charge on any atom is -0.321 e. The maximum atomic E-state index is 12.1. The number of hydrogen-bond acceptors (Lipinski definition) is 2. The second kappa shape index (κ2) is 3.22. The first-order valence-electron chi connectivity index (χ1n) is 5.55. The van der Waals surface area contributed by atoms with Gasteiger partial charge >= 0.3 is 6.03 Å². The number of carbonyl (C=O) groups excluding carboxylic acids is 2. The molecular weight excluding hydrogens is 192 g/mol. The van der Waals surface area contributed by atoms with Crippen molar-refractivity contribution in [3.63, 3.8) is 0 Å². The van der Waals surface area contributed by atoms with Gasteiger partial charge in [0.05, 0.1) is 0 Å². The van der Waals surface area contributed by atoms with Crippen LogP contribution in [0.5, 0.6) is 0 Å². The molecule has 3 amide bonds. The Morgan fingerprint density at radius 1 is 1.20 bits per heavy atom. The van der Waals surface area contributed by atoms with E-state index in [9.17, 15) is 9.59 Å². The molecule has 2 rings (SSSR count). The van der Waals surface area contributed by atoms with E-state index >= 15 is 0 Å². The lowest BCUT2D eigenvalue weighted by Crippen LogP contribution is -2.59. The zero-order valence-electron chi connectivity index (χ0n) is 9.62. The lowest BCUT2D eigenvalue weighted by atomic mass is 10.0. The lowest BCUT2D eigenvalue weighted by molar-refractivity contribution is -0.135. The van der Waals surface area contributed by atoms with Crippen molar-refractivity contribution in [2.24, 2.45) is 0 Å². The average Bonchev–Trinajstić information content (AvgIpc) is 2.84. The normalized spacial score (nSPS) is 23.7. The molecule has 0 aromatic carbocycles. The van der Waals surface area contributed by atoms with Crippen molar-refractivity contribution in [1.82, 2.24) is 9.80 Å². The Balaban J connectivity index is 2.19. The smallest absolute Gasteiger partial charge is 0.321 e. The van der Waals surface area contributed by atoms with Gasteiger partial charge in [-0.25, -0.2) is 4.79 Å². The summed E-state index contributed by atoms with van der Waals surface area (Å²) in [6, 6.07) is 0.303. The molecule has 0 bridgehead atoms. The van der Waals surface area contributed by atoms with Gasteiger partial charge in [-0.1, -0.05) is 0 Å². The number of imide groups is 1. The van der Waals surface area contributed by atoms with Gasteiger partial charge in [0.1, 0.15) is 0 Å². The molecule has 2 aliphatic rings. The molecule has 4 heteroatoms. The van der Waals surface area contributed by atoms with Gasteiger partial charge in [-0.2, -0.15) is 0 Å². The van der Waals surface area contributed by atoms with E-state index in [4.69, 9.17) is 0 Å². The summed E-state index contributed by atoms with van der Waals surface area (Å²) in [5.74, 6) is -0.0376. The molecule has 1 heterocycles. The Labute approximate surface area is 90.2 Å². The quantitative estimate of drug-likeness (QED) is 0.659. The standard InChI is InChI=1S/C11H18N2O2/c1-11(2,3)13-9(14)6-7-12(10(13)15)8-4-5-8/h8H,4-7H2,1-3H3. The molecular formula is C11H18N2O2. The van der Waals surface area contributed by atoms with Crippen LogP contribution in [0.4, 0.5) is 4.79 Å². The molecule has 4 nitrogen and oxygen atoms in total. The highest BCUT2D eigenvalue weighted by atomic mass is 16.2. The van der Waals surface area contributed by atoms with Gasteiger partial charge in [0.2, 0.25) is 5.91 Å². The topological polar surface area (TPSA) is 40.6 Å². The summed E-state index contributed by atoms with van der Waals surface area (Å²) >= 11 is 0. The summed E-state index contributed by atoms with van der Waals surface area (Å²) in [5, 5.41) is 0. The number of urea groups is 1. The zero-order valence-corrected chi connectivity index (χ0v) is 9.62. The van der Waals surface area contributed by atoms with Gasteiger partial charge in [-0.15, -0.1) is 0 Å². The van der Waals surface area contributed by atoms with Crippen LogP contribution in [-0.2, 0) is 4.79 Å². The SMILES string of the molecule is CC(C)(C)N1C(=O)CCN(C2CC2)C1=O. The fourth-order valence-electron chi connectivity index (χ4n) is 2.04. The van der Waals surface area contributed by atoms with E-state index in [1.165, 1.54) is 4.90 Å². The van der Waals surface area contributed by atoms with E-state index in [1.807, 2.05) is 25.7 Å². The largest absolute Gasteiger partial charge is 0.327 e. The lowest BCUT2D eigenvalue weighted by Gasteiger charge is -2.41. The number of carbonyl (C=O) groups is 2. The number of nitrogens with zero attached hydrogens (tertiary/aromatic N) is 2. The highest BCUT2D eigenvalue weighted by Crippen LogP contribution is 2.32. The molecule has 84 valence electrons. The molecule has 1 saturated carbocycles. The van der Waals surface area contributed by atoms with Crippen LogP contribution in [0.15, 0.2) is 0 Å². The van der Waals surface area contributed by atoms with E-state index in [0.29, 0.717) is 19.0 Å². The Kier molecular flexibility index (Phi) is 2.24. The maximum Gasteiger partial charge on any atom is 0.327 e. The molecule has 0 N–H and O–H groups in total. The third kappa shape index (κ3) is 1.85. The highest BCUT2D eigenvalue weighted by Gasteiger charge is 2.43. The summed E-state index contributed by atoms with van der Waals surface area (Å²) in [6.07, 6.45) is 2.66. The molecule has 0 aromatic heterocycles. The van der Waals surface area contributed by atoms with Gasteiger partial charge in [-0.05, 0) is 33.6 Å². The predicted molar refractivity (Wildman–Crippen MR) is 56.3 cm³/mol. The first kappa shape index (κ1) is 10.5. The Morgan fingerprint density at radius 3 is 2.27 bits per heavy atom. The van der Waals surface area contributed by atoms with Crippen LogP contribution in [0.1, 0.15) is 40.0 Å². The van der Waals surface area contributed by atoms with Crippen molar-refractivity contribution in [2.45, 2.75) is 51.6 Å².